The van der Waals surface area contributed by atoms with Crippen molar-refractivity contribution < 1.29 is 14.0 Å². The van der Waals surface area contributed by atoms with Crippen LogP contribution in [0.4, 0.5) is 0 Å². The summed E-state index contributed by atoms with van der Waals surface area (Å²) in [6.45, 7) is 0. The van der Waals surface area contributed by atoms with Crippen LogP contribution in [0.2, 0.25) is 0 Å². The Kier molecular flexibility index (Phi) is 3.86. The van der Waals surface area contributed by atoms with E-state index in [1.165, 1.54) is 0 Å². The summed E-state index contributed by atoms with van der Waals surface area (Å²) in [6.07, 6.45) is 0. The summed E-state index contributed by atoms with van der Waals surface area (Å²) in [4.78, 5) is 0. The van der Waals surface area contributed by atoms with Gasteiger partial charge in [0.1, 0.15) is 11.2 Å². The lowest BCUT2D eigenvalue weighted by Crippen LogP contribution is -1.90. The molecule has 0 atom stereocenters. The van der Waals surface area contributed by atoms with Crippen LogP contribution in [0.3, 0.4) is 0 Å². The van der Waals surface area contributed by atoms with Crippen molar-refractivity contribution in [2.24, 2.45) is 0 Å². The molecule has 0 aliphatic carbocycles. The average molecular weight is 578 g/mol. The maximum absolute atomic E-state index is 9.01. The maximum atomic E-state index is 9.01. The van der Waals surface area contributed by atoms with Crippen LogP contribution in [0.5, 0.6) is 0 Å². The largest absolute Gasteiger partial charge is 0.456 e. The van der Waals surface area contributed by atoms with E-state index in [4.69, 9.17) is 14.0 Å². The Hall–Kier alpha value is -5.92. The van der Waals surface area contributed by atoms with E-state index in [0.717, 1.165) is 76.5 Å². The molecule has 0 aliphatic rings. The second-order valence-electron chi connectivity index (χ2n) is 11.5. The zero-order valence-corrected chi connectivity index (χ0v) is 23.9. The number of benzene rings is 9. The molecule has 1 heteroatoms. The van der Waals surface area contributed by atoms with E-state index in [9.17, 15) is 0 Å². The molecular formula is C44H26O. The molecule has 0 radical (unpaired) electrons. The molecule has 0 spiro atoms. The number of rotatable bonds is 3. The van der Waals surface area contributed by atoms with E-state index in [0.29, 0.717) is 5.56 Å². The molecular weight excluding hydrogens is 544 g/mol. The minimum Gasteiger partial charge on any atom is -0.456 e. The number of fused-ring (bicyclic) bond motifs is 4. The van der Waals surface area contributed by atoms with Gasteiger partial charge in [-0.1, -0.05) is 139 Å². The number of para-hydroxylation sites is 1. The van der Waals surface area contributed by atoms with Crippen molar-refractivity contribution in [3.63, 3.8) is 0 Å². The quantitative estimate of drug-likeness (QED) is 0.190. The van der Waals surface area contributed by atoms with Crippen molar-refractivity contribution >= 4 is 65.0 Å². The third kappa shape index (κ3) is 3.62. The monoisotopic (exact) mass is 577 g/mol. The fraction of sp³-hybridized carbons (Fsp3) is 0. The molecule has 1 aromatic heterocycles. The van der Waals surface area contributed by atoms with Crippen LogP contribution < -0.4 is 0 Å². The summed E-state index contributed by atoms with van der Waals surface area (Å²) in [7, 11) is 0. The molecule has 45 heavy (non-hydrogen) atoms. The highest BCUT2D eigenvalue weighted by molar-refractivity contribution is 6.28. The zero-order chi connectivity index (χ0) is 35.6. The summed E-state index contributed by atoms with van der Waals surface area (Å²) >= 11 is 0. The molecule has 10 rings (SSSR count). The minimum absolute atomic E-state index is 0.0449. The van der Waals surface area contributed by atoms with E-state index < -0.39 is 12.1 Å². The van der Waals surface area contributed by atoms with Gasteiger partial charge in [0.2, 0.25) is 0 Å². The summed E-state index contributed by atoms with van der Waals surface area (Å²) in [5.74, 6) is 0. The molecule has 1 heterocycles. The summed E-state index contributed by atoms with van der Waals surface area (Å²) in [5.41, 5.74) is 6.91. The van der Waals surface area contributed by atoms with Crippen molar-refractivity contribution in [3.05, 3.63) is 158 Å². The average Bonchev–Trinajstić information content (AvgIpc) is 3.55. The SMILES string of the molecule is [2H]c1c([2H])c([2H])c2c(-c3ccc4ccc5c(-c6ccc(-c7ccc8oc9ccccc9c8c7)cc6)ccc6ccc3c4c65)c([2H])c([2H])c([2H])c2c1[2H]. The first kappa shape index (κ1) is 18.7. The van der Waals surface area contributed by atoms with E-state index in [1.54, 1.807) is 0 Å². The second kappa shape index (κ2) is 9.29. The van der Waals surface area contributed by atoms with Crippen LogP contribution in [-0.4, -0.2) is 0 Å². The molecule has 0 fully saturated rings. The second-order valence-corrected chi connectivity index (χ2v) is 11.5. The summed E-state index contributed by atoms with van der Waals surface area (Å²) in [6, 6.07) is 36.7. The molecule has 0 saturated heterocycles. The Balaban J connectivity index is 1.16. The van der Waals surface area contributed by atoms with Gasteiger partial charge in [0.05, 0.1) is 9.60 Å². The van der Waals surface area contributed by atoms with Crippen LogP contribution in [0.25, 0.3) is 98.4 Å². The Morgan fingerprint density at radius 2 is 1.02 bits per heavy atom. The minimum atomic E-state index is -0.460. The van der Waals surface area contributed by atoms with Gasteiger partial charge >= 0.3 is 0 Å². The predicted molar refractivity (Wildman–Crippen MR) is 191 cm³/mol. The van der Waals surface area contributed by atoms with E-state index in [2.05, 4.69) is 66.7 Å². The maximum Gasteiger partial charge on any atom is 0.135 e. The van der Waals surface area contributed by atoms with Crippen LogP contribution in [0.1, 0.15) is 9.60 Å². The van der Waals surface area contributed by atoms with Crippen LogP contribution in [0, 0.1) is 0 Å². The molecule has 0 saturated carbocycles. The molecule has 208 valence electrons. The van der Waals surface area contributed by atoms with Gasteiger partial charge in [-0.05, 0) is 94.7 Å². The third-order valence-corrected chi connectivity index (χ3v) is 9.15. The lowest BCUT2D eigenvalue weighted by molar-refractivity contribution is 0.669. The van der Waals surface area contributed by atoms with Crippen molar-refractivity contribution in [3.8, 4) is 33.4 Å². The van der Waals surface area contributed by atoms with Gasteiger partial charge in [-0.15, -0.1) is 0 Å². The Morgan fingerprint density at radius 1 is 0.378 bits per heavy atom. The van der Waals surface area contributed by atoms with Crippen LogP contribution in [-0.2, 0) is 0 Å². The van der Waals surface area contributed by atoms with Gasteiger partial charge in [-0.2, -0.15) is 0 Å². The van der Waals surface area contributed by atoms with E-state index in [-0.39, 0.29) is 46.5 Å². The van der Waals surface area contributed by atoms with Gasteiger partial charge in [-0.3, -0.25) is 0 Å². The summed E-state index contributed by atoms with van der Waals surface area (Å²) < 4.78 is 66.3. The standard InChI is InChI=1S/C44H26O/c1-2-8-33-28(6-1)7-5-10-35(33)36-22-17-31-18-23-38-34(21-16-30-19-24-39(36)44(31)43(30)38)29-14-12-27(13-15-29)32-20-25-42-40(26-32)37-9-3-4-11-41(37)45-42/h1-26H/i1D,2D,5D,6D,7D,8D,10D. The Labute approximate surface area is 269 Å². The topological polar surface area (TPSA) is 13.1 Å². The highest BCUT2D eigenvalue weighted by Crippen LogP contribution is 2.43. The van der Waals surface area contributed by atoms with Gasteiger partial charge < -0.3 is 4.42 Å². The molecule has 0 amide bonds. The van der Waals surface area contributed by atoms with Crippen molar-refractivity contribution in [2.45, 2.75) is 0 Å². The first-order chi connectivity index (χ1) is 25.2. The molecule has 0 aliphatic heterocycles. The lowest BCUT2D eigenvalue weighted by atomic mass is 9.86. The van der Waals surface area contributed by atoms with Crippen molar-refractivity contribution in [1.29, 1.82) is 0 Å². The van der Waals surface area contributed by atoms with Crippen molar-refractivity contribution in [1.82, 2.24) is 0 Å². The highest BCUT2D eigenvalue weighted by atomic mass is 16.3. The predicted octanol–water partition coefficient (Wildman–Crippen LogP) is 12.6. The van der Waals surface area contributed by atoms with Gasteiger partial charge in [0, 0.05) is 10.8 Å². The lowest BCUT2D eigenvalue weighted by Gasteiger charge is -2.17. The molecule has 9 aromatic carbocycles. The molecule has 0 bridgehead atoms. The molecule has 0 unspecified atom stereocenters. The third-order valence-electron chi connectivity index (χ3n) is 9.15. The van der Waals surface area contributed by atoms with Gasteiger partial charge in [-0.25, -0.2) is 0 Å². The molecule has 0 N–H and O–H groups in total. The van der Waals surface area contributed by atoms with Gasteiger partial charge in [0.15, 0.2) is 0 Å². The highest BCUT2D eigenvalue weighted by Gasteiger charge is 2.16. The number of hydrogen-bond acceptors (Lipinski definition) is 1. The zero-order valence-electron chi connectivity index (χ0n) is 30.9. The Morgan fingerprint density at radius 3 is 1.87 bits per heavy atom. The fourth-order valence-electron chi connectivity index (χ4n) is 7.03. The van der Waals surface area contributed by atoms with Gasteiger partial charge in [0.25, 0.3) is 0 Å². The van der Waals surface area contributed by atoms with Crippen LogP contribution in [0.15, 0.2) is 162 Å². The number of hydrogen-bond donors (Lipinski definition) is 0. The van der Waals surface area contributed by atoms with Crippen LogP contribution >= 0.6 is 0 Å². The smallest absolute Gasteiger partial charge is 0.135 e. The molecule has 1 nitrogen and oxygen atoms in total. The van der Waals surface area contributed by atoms with Crippen molar-refractivity contribution in [2.75, 3.05) is 0 Å². The number of furan rings is 1. The first-order valence-corrected chi connectivity index (χ1v) is 14.9. The Bertz CT molecular complexity index is 3140. The normalized spacial score (nSPS) is 14.2. The fourth-order valence-corrected chi connectivity index (χ4v) is 7.03. The van der Waals surface area contributed by atoms with E-state index >= 15 is 0 Å². The van der Waals surface area contributed by atoms with E-state index in [1.807, 2.05) is 48.5 Å². The first-order valence-electron chi connectivity index (χ1n) is 18.4. The summed E-state index contributed by atoms with van der Waals surface area (Å²) in [5, 5.41) is 8.17. The molecule has 10 aromatic rings.